The first-order valence-corrected chi connectivity index (χ1v) is 8.54. The Morgan fingerprint density at radius 3 is 2.90 bits per heavy atom. The van der Waals surface area contributed by atoms with Crippen LogP contribution in [0.1, 0.15) is 0 Å². The number of benzene rings is 1. The molecular formula is C13H15N5OS2. The van der Waals surface area contributed by atoms with Gasteiger partial charge in [-0.2, -0.15) is 16.9 Å². The van der Waals surface area contributed by atoms with Crippen molar-refractivity contribution in [3.05, 3.63) is 30.6 Å². The molecule has 0 bridgehead atoms. The summed E-state index contributed by atoms with van der Waals surface area (Å²) in [5.74, 6) is 1.92. The standard InChI is InChI=1S/C13H15N5OS2/c19-12(11-7-20-6-5-14-11)17-9-1-3-10(4-2-9)21-13-15-8-16-18-13/h1-4,8,11,14H,5-7H2,(H,17,19)(H,15,16,18). The van der Waals surface area contributed by atoms with Crippen LogP contribution in [0.3, 0.4) is 0 Å². The molecule has 1 atom stereocenters. The number of rotatable bonds is 4. The Morgan fingerprint density at radius 2 is 2.24 bits per heavy atom. The Labute approximate surface area is 130 Å². The second-order valence-corrected chi connectivity index (χ2v) is 6.70. The van der Waals surface area contributed by atoms with Crippen molar-refractivity contribution in [1.82, 2.24) is 20.5 Å². The number of hydrogen-bond acceptors (Lipinski definition) is 6. The van der Waals surface area contributed by atoms with E-state index in [1.165, 1.54) is 18.1 Å². The van der Waals surface area contributed by atoms with Gasteiger partial charge in [0.2, 0.25) is 5.91 Å². The topological polar surface area (TPSA) is 82.7 Å². The Kier molecular flexibility index (Phi) is 4.79. The number of nitrogens with one attached hydrogen (secondary N) is 3. The third-order valence-electron chi connectivity index (χ3n) is 2.97. The zero-order chi connectivity index (χ0) is 14.5. The third-order valence-corrected chi connectivity index (χ3v) is 4.93. The van der Waals surface area contributed by atoms with E-state index in [1.807, 2.05) is 24.3 Å². The van der Waals surface area contributed by atoms with Crippen LogP contribution >= 0.6 is 23.5 Å². The van der Waals surface area contributed by atoms with Crippen molar-refractivity contribution < 1.29 is 4.79 Å². The number of carbonyl (C=O) groups excluding carboxylic acids is 1. The summed E-state index contributed by atoms with van der Waals surface area (Å²) in [5.41, 5.74) is 0.805. The molecule has 2 aromatic rings. The monoisotopic (exact) mass is 321 g/mol. The first-order chi connectivity index (χ1) is 10.3. The summed E-state index contributed by atoms with van der Waals surface area (Å²) in [5, 5.41) is 13.5. The molecule has 0 spiro atoms. The second-order valence-electron chi connectivity index (χ2n) is 4.49. The summed E-state index contributed by atoms with van der Waals surface area (Å²) in [7, 11) is 0. The highest BCUT2D eigenvalue weighted by Crippen LogP contribution is 2.25. The highest BCUT2D eigenvalue weighted by molar-refractivity contribution is 7.99. The maximum atomic E-state index is 12.1. The lowest BCUT2D eigenvalue weighted by atomic mass is 10.2. The van der Waals surface area contributed by atoms with Gasteiger partial charge >= 0.3 is 0 Å². The summed E-state index contributed by atoms with van der Waals surface area (Å²) in [4.78, 5) is 17.2. The molecule has 6 nitrogen and oxygen atoms in total. The zero-order valence-corrected chi connectivity index (χ0v) is 12.8. The smallest absolute Gasteiger partial charge is 0.242 e. The number of H-pyrrole nitrogens is 1. The van der Waals surface area contributed by atoms with E-state index in [2.05, 4.69) is 25.8 Å². The molecule has 1 fully saturated rings. The lowest BCUT2D eigenvalue weighted by Gasteiger charge is -2.22. The van der Waals surface area contributed by atoms with Crippen molar-refractivity contribution in [2.75, 3.05) is 23.4 Å². The van der Waals surface area contributed by atoms with E-state index < -0.39 is 0 Å². The molecule has 0 radical (unpaired) electrons. The summed E-state index contributed by atoms with van der Waals surface area (Å²) in [6.07, 6.45) is 1.48. The van der Waals surface area contributed by atoms with E-state index in [-0.39, 0.29) is 11.9 Å². The predicted octanol–water partition coefficient (Wildman–Crippen LogP) is 1.60. The normalized spacial score (nSPS) is 18.4. The van der Waals surface area contributed by atoms with Gasteiger partial charge in [0.05, 0.1) is 6.04 Å². The van der Waals surface area contributed by atoms with Crippen molar-refractivity contribution in [3.8, 4) is 0 Å². The van der Waals surface area contributed by atoms with Gasteiger partial charge in [0.1, 0.15) is 6.33 Å². The zero-order valence-electron chi connectivity index (χ0n) is 11.2. The van der Waals surface area contributed by atoms with Crippen LogP contribution in [0.25, 0.3) is 0 Å². The molecule has 1 aromatic heterocycles. The van der Waals surface area contributed by atoms with Gasteiger partial charge in [-0.3, -0.25) is 9.89 Å². The first kappa shape index (κ1) is 14.4. The lowest BCUT2D eigenvalue weighted by molar-refractivity contribution is -0.117. The van der Waals surface area contributed by atoms with Crippen molar-refractivity contribution >= 4 is 35.1 Å². The maximum Gasteiger partial charge on any atom is 0.242 e. The van der Waals surface area contributed by atoms with Crippen molar-refractivity contribution in [3.63, 3.8) is 0 Å². The molecule has 1 aliphatic heterocycles. The third kappa shape index (κ3) is 3.99. The largest absolute Gasteiger partial charge is 0.325 e. The van der Waals surface area contributed by atoms with Gasteiger partial charge in [0.15, 0.2) is 5.16 Å². The Morgan fingerprint density at radius 1 is 1.38 bits per heavy atom. The molecule has 0 aliphatic carbocycles. The SMILES string of the molecule is O=C(Nc1ccc(Sc2ncn[nH]2)cc1)C1CSCCN1. The van der Waals surface area contributed by atoms with Crippen LogP contribution in [0.4, 0.5) is 5.69 Å². The number of carbonyl (C=O) groups is 1. The maximum absolute atomic E-state index is 12.1. The molecular weight excluding hydrogens is 306 g/mol. The molecule has 21 heavy (non-hydrogen) atoms. The van der Waals surface area contributed by atoms with E-state index in [0.717, 1.165) is 33.8 Å². The Hall–Kier alpha value is -1.51. The molecule has 0 saturated carbocycles. The van der Waals surface area contributed by atoms with E-state index in [9.17, 15) is 4.79 Å². The fourth-order valence-electron chi connectivity index (χ4n) is 1.92. The van der Waals surface area contributed by atoms with Gasteiger partial charge in [-0.1, -0.05) is 11.8 Å². The van der Waals surface area contributed by atoms with E-state index >= 15 is 0 Å². The second kappa shape index (κ2) is 6.97. The summed E-state index contributed by atoms with van der Waals surface area (Å²) in [6, 6.07) is 7.59. The number of amides is 1. The molecule has 3 rings (SSSR count). The average molecular weight is 321 g/mol. The number of hydrogen-bond donors (Lipinski definition) is 3. The minimum atomic E-state index is -0.105. The molecule has 110 valence electrons. The Bertz CT molecular complexity index is 581. The van der Waals surface area contributed by atoms with Crippen LogP contribution in [0, 0.1) is 0 Å². The number of aromatic amines is 1. The van der Waals surface area contributed by atoms with Crippen molar-refractivity contribution in [1.29, 1.82) is 0 Å². The van der Waals surface area contributed by atoms with E-state index in [4.69, 9.17) is 0 Å². The number of anilines is 1. The molecule has 1 aromatic carbocycles. The van der Waals surface area contributed by atoms with Gasteiger partial charge in [-0.25, -0.2) is 4.98 Å². The first-order valence-electron chi connectivity index (χ1n) is 6.56. The molecule has 1 aliphatic rings. The van der Waals surface area contributed by atoms with Gasteiger partial charge in [-0.05, 0) is 24.3 Å². The number of aromatic nitrogens is 3. The van der Waals surface area contributed by atoms with Gasteiger partial charge < -0.3 is 10.6 Å². The number of thioether (sulfide) groups is 1. The lowest BCUT2D eigenvalue weighted by Crippen LogP contribution is -2.46. The van der Waals surface area contributed by atoms with E-state index in [0.29, 0.717) is 0 Å². The van der Waals surface area contributed by atoms with Crippen LogP contribution in [0.2, 0.25) is 0 Å². The van der Waals surface area contributed by atoms with E-state index in [1.54, 1.807) is 11.8 Å². The highest BCUT2D eigenvalue weighted by Gasteiger charge is 2.20. The summed E-state index contributed by atoms with van der Waals surface area (Å²) >= 11 is 3.30. The quantitative estimate of drug-likeness (QED) is 0.793. The fourth-order valence-corrected chi connectivity index (χ4v) is 3.55. The van der Waals surface area contributed by atoms with Crippen molar-refractivity contribution in [2.24, 2.45) is 0 Å². The molecule has 8 heteroatoms. The fraction of sp³-hybridized carbons (Fsp3) is 0.308. The van der Waals surface area contributed by atoms with Crippen molar-refractivity contribution in [2.45, 2.75) is 16.1 Å². The van der Waals surface area contributed by atoms with Gasteiger partial charge in [-0.15, -0.1) is 0 Å². The molecule has 2 heterocycles. The van der Waals surface area contributed by atoms with Crippen LogP contribution in [-0.2, 0) is 4.79 Å². The predicted molar refractivity (Wildman–Crippen MR) is 84.7 cm³/mol. The van der Waals surface area contributed by atoms with Gasteiger partial charge in [0.25, 0.3) is 0 Å². The van der Waals surface area contributed by atoms with Crippen LogP contribution in [0.15, 0.2) is 40.6 Å². The molecule has 1 unspecified atom stereocenters. The average Bonchev–Trinajstić information content (AvgIpc) is 3.03. The highest BCUT2D eigenvalue weighted by atomic mass is 32.2. The molecule has 1 saturated heterocycles. The summed E-state index contributed by atoms with van der Waals surface area (Å²) < 4.78 is 0. The Balaban J connectivity index is 1.57. The van der Waals surface area contributed by atoms with Crippen LogP contribution in [-0.4, -0.2) is 45.2 Å². The number of nitrogens with zero attached hydrogens (tertiary/aromatic N) is 2. The minimum absolute atomic E-state index is 0.0258. The summed E-state index contributed by atoms with van der Waals surface area (Å²) in [6.45, 7) is 0.884. The van der Waals surface area contributed by atoms with Crippen LogP contribution in [0.5, 0.6) is 0 Å². The molecule has 3 N–H and O–H groups in total. The van der Waals surface area contributed by atoms with Gasteiger partial charge in [0, 0.05) is 28.6 Å². The molecule has 1 amide bonds. The van der Waals surface area contributed by atoms with Crippen LogP contribution < -0.4 is 10.6 Å². The minimum Gasteiger partial charge on any atom is -0.325 e.